The molecule has 0 saturated carbocycles. The Labute approximate surface area is 101 Å². The molecule has 2 N–H and O–H groups in total. The Hall–Kier alpha value is -0.940. The van der Waals surface area contributed by atoms with Crippen LogP contribution in [0.2, 0.25) is 0 Å². The quantitative estimate of drug-likeness (QED) is 0.771. The predicted octanol–water partition coefficient (Wildman–Crippen LogP) is 1.67. The standard InChI is InChI=1S/C10H9BrN2OS/c1-10(8(14)12-9(15)13-10)6-2-4-7(11)5-3-6/h2-5H,1H3,(H2,12,13,14,15). The minimum Gasteiger partial charge on any atom is -0.345 e. The van der Waals surface area contributed by atoms with Gasteiger partial charge in [0.1, 0.15) is 5.54 Å². The summed E-state index contributed by atoms with van der Waals surface area (Å²) in [5.41, 5.74) is 0.140. The van der Waals surface area contributed by atoms with Gasteiger partial charge in [0.2, 0.25) is 0 Å². The van der Waals surface area contributed by atoms with Crippen molar-refractivity contribution in [2.24, 2.45) is 0 Å². The van der Waals surface area contributed by atoms with Crippen molar-refractivity contribution in [3.05, 3.63) is 34.3 Å². The highest BCUT2D eigenvalue weighted by atomic mass is 79.9. The molecule has 0 radical (unpaired) electrons. The fraction of sp³-hybridized carbons (Fsp3) is 0.200. The van der Waals surface area contributed by atoms with E-state index in [9.17, 15) is 4.79 Å². The average molecular weight is 285 g/mol. The van der Waals surface area contributed by atoms with E-state index in [4.69, 9.17) is 12.2 Å². The zero-order chi connectivity index (χ0) is 11.1. The van der Waals surface area contributed by atoms with Gasteiger partial charge in [-0.1, -0.05) is 28.1 Å². The fourth-order valence-electron chi connectivity index (χ4n) is 1.53. The second kappa shape index (κ2) is 3.57. The molecule has 1 aliphatic rings. The summed E-state index contributed by atoms with van der Waals surface area (Å²) in [4.78, 5) is 11.7. The molecular weight excluding hydrogens is 276 g/mol. The zero-order valence-corrected chi connectivity index (χ0v) is 10.4. The van der Waals surface area contributed by atoms with Gasteiger partial charge in [-0.15, -0.1) is 0 Å². The third-order valence-electron chi connectivity index (χ3n) is 2.47. The summed E-state index contributed by atoms with van der Waals surface area (Å²) < 4.78 is 0.982. The van der Waals surface area contributed by atoms with Crippen LogP contribution < -0.4 is 10.6 Å². The van der Waals surface area contributed by atoms with Crippen LogP contribution in [0.25, 0.3) is 0 Å². The first-order chi connectivity index (χ1) is 7.02. The SMILES string of the molecule is CC1(c2ccc(Br)cc2)NC(=S)NC1=O. The highest BCUT2D eigenvalue weighted by molar-refractivity contribution is 9.10. The summed E-state index contributed by atoms with van der Waals surface area (Å²) in [6.45, 7) is 1.81. The highest BCUT2D eigenvalue weighted by Gasteiger charge is 2.41. The molecule has 1 fully saturated rings. The van der Waals surface area contributed by atoms with Gasteiger partial charge in [0.05, 0.1) is 0 Å². The molecule has 1 heterocycles. The second-order valence-electron chi connectivity index (χ2n) is 3.54. The number of amides is 1. The smallest absolute Gasteiger partial charge is 0.256 e. The van der Waals surface area contributed by atoms with Gasteiger partial charge >= 0.3 is 0 Å². The van der Waals surface area contributed by atoms with Crippen molar-refractivity contribution >= 4 is 39.2 Å². The molecule has 2 rings (SSSR count). The monoisotopic (exact) mass is 284 g/mol. The van der Waals surface area contributed by atoms with Crippen LogP contribution in [0.1, 0.15) is 12.5 Å². The lowest BCUT2D eigenvalue weighted by molar-refractivity contribution is -0.123. The van der Waals surface area contributed by atoms with E-state index in [0.717, 1.165) is 10.0 Å². The van der Waals surface area contributed by atoms with Crippen molar-refractivity contribution in [2.75, 3.05) is 0 Å². The van der Waals surface area contributed by atoms with Crippen molar-refractivity contribution in [2.45, 2.75) is 12.5 Å². The number of hydrogen-bond donors (Lipinski definition) is 2. The van der Waals surface area contributed by atoms with Crippen LogP contribution >= 0.6 is 28.1 Å². The molecule has 1 amide bonds. The third kappa shape index (κ3) is 1.77. The third-order valence-corrected chi connectivity index (χ3v) is 3.20. The van der Waals surface area contributed by atoms with Gasteiger partial charge in [-0.25, -0.2) is 0 Å². The van der Waals surface area contributed by atoms with Gasteiger partial charge in [-0.05, 0) is 36.8 Å². The first kappa shape index (κ1) is 10.6. The number of rotatable bonds is 1. The Kier molecular flexibility index (Phi) is 2.52. The Morgan fingerprint density at radius 3 is 2.40 bits per heavy atom. The van der Waals surface area contributed by atoms with Crippen LogP contribution in [0.15, 0.2) is 28.7 Å². The maximum atomic E-state index is 11.7. The lowest BCUT2D eigenvalue weighted by Crippen LogP contribution is -2.40. The second-order valence-corrected chi connectivity index (χ2v) is 4.86. The maximum absolute atomic E-state index is 11.7. The summed E-state index contributed by atoms with van der Waals surface area (Å²) in [6, 6.07) is 7.59. The van der Waals surface area contributed by atoms with Crippen molar-refractivity contribution < 1.29 is 4.79 Å². The molecule has 1 unspecified atom stereocenters. The normalized spacial score (nSPS) is 24.9. The highest BCUT2D eigenvalue weighted by Crippen LogP contribution is 2.25. The van der Waals surface area contributed by atoms with E-state index in [-0.39, 0.29) is 5.91 Å². The molecule has 3 nitrogen and oxygen atoms in total. The molecule has 0 bridgehead atoms. The van der Waals surface area contributed by atoms with E-state index in [1.54, 1.807) is 0 Å². The molecule has 1 atom stereocenters. The van der Waals surface area contributed by atoms with Crippen LogP contribution in [-0.4, -0.2) is 11.0 Å². The summed E-state index contributed by atoms with van der Waals surface area (Å²) in [6.07, 6.45) is 0. The van der Waals surface area contributed by atoms with E-state index >= 15 is 0 Å². The number of nitrogens with one attached hydrogen (secondary N) is 2. The Bertz CT molecular complexity index is 432. The van der Waals surface area contributed by atoms with Crippen LogP contribution in [0.5, 0.6) is 0 Å². The molecule has 0 aliphatic carbocycles. The van der Waals surface area contributed by atoms with E-state index in [1.165, 1.54) is 0 Å². The number of halogens is 1. The summed E-state index contributed by atoms with van der Waals surface area (Å²) in [5.74, 6) is -0.116. The van der Waals surface area contributed by atoms with Crippen molar-refractivity contribution in [1.82, 2.24) is 10.6 Å². The van der Waals surface area contributed by atoms with Crippen LogP contribution in [0.4, 0.5) is 0 Å². The lowest BCUT2D eigenvalue weighted by atomic mass is 9.92. The lowest BCUT2D eigenvalue weighted by Gasteiger charge is -2.21. The largest absolute Gasteiger partial charge is 0.345 e. The number of benzene rings is 1. The summed E-state index contributed by atoms with van der Waals surface area (Å²) in [7, 11) is 0. The molecule has 78 valence electrons. The summed E-state index contributed by atoms with van der Waals surface area (Å²) in [5, 5.41) is 5.94. The first-order valence-corrected chi connectivity index (χ1v) is 5.62. The van der Waals surface area contributed by atoms with E-state index in [1.807, 2.05) is 31.2 Å². The van der Waals surface area contributed by atoms with Gasteiger partial charge in [-0.3, -0.25) is 4.79 Å². The number of carbonyl (C=O) groups is 1. The van der Waals surface area contributed by atoms with E-state index in [2.05, 4.69) is 26.6 Å². The molecule has 5 heteroatoms. The Morgan fingerprint density at radius 1 is 1.33 bits per heavy atom. The van der Waals surface area contributed by atoms with Gasteiger partial charge in [0.25, 0.3) is 5.91 Å². The Morgan fingerprint density at radius 2 is 1.93 bits per heavy atom. The van der Waals surface area contributed by atoms with Gasteiger partial charge < -0.3 is 10.6 Å². The molecule has 0 aromatic heterocycles. The predicted molar refractivity (Wildman–Crippen MR) is 65.4 cm³/mol. The van der Waals surface area contributed by atoms with Crippen molar-refractivity contribution in [1.29, 1.82) is 0 Å². The van der Waals surface area contributed by atoms with Gasteiger partial charge in [0.15, 0.2) is 5.11 Å². The topological polar surface area (TPSA) is 41.1 Å². The average Bonchev–Trinajstić information content (AvgIpc) is 2.42. The van der Waals surface area contributed by atoms with Gasteiger partial charge in [-0.2, -0.15) is 0 Å². The first-order valence-electron chi connectivity index (χ1n) is 4.42. The van der Waals surface area contributed by atoms with E-state index in [0.29, 0.717) is 5.11 Å². The molecule has 1 aliphatic heterocycles. The molecule has 1 saturated heterocycles. The van der Waals surface area contributed by atoms with Crippen LogP contribution in [0.3, 0.4) is 0 Å². The van der Waals surface area contributed by atoms with Crippen LogP contribution in [0, 0.1) is 0 Å². The van der Waals surface area contributed by atoms with E-state index < -0.39 is 5.54 Å². The fourth-order valence-corrected chi connectivity index (χ4v) is 2.09. The molecular formula is C10H9BrN2OS. The number of carbonyl (C=O) groups excluding carboxylic acids is 1. The minimum absolute atomic E-state index is 0.116. The molecule has 1 aromatic rings. The maximum Gasteiger partial charge on any atom is 0.256 e. The number of thiocarbonyl (C=S) groups is 1. The molecule has 15 heavy (non-hydrogen) atoms. The molecule has 0 spiro atoms. The zero-order valence-electron chi connectivity index (χ0n) is 8.00. The summed E-state index contributed by atoms with van der Waals surface area (Å²) >= 11 is 8.27. The minimum atomic E-state index is -0.752. The number of hydrogen-bond acceptors (Lipinski definition) is 2. The Balaban J connectivity index is 2.41. The molecule has 1 aromatic carbocycles. The van der Waals surface area contributed by atoms with Crippen LogP contribution in [-0.2, 0) is 10.3 Å². The van der Waals surface area contributed by atoms with Crippen molar-refractivity contribution in [3.8, 4) is 0 Å². The van der Waals surface area contributed by atoms with Gasteiger partial charge in [0, 0.05) is 4.47 Å². The van der Waals surface area contributed by atoms with Crippen molar-refractivity contribution in [3.63, 3.8) is 0 Å².